The Morgan fingerprint density at radius 1 is 1.90 bits per heavy atom. The number of nitrogens with one attached hydrogen (secondary N) is 1. The first-order valence-corrected chi connectivity index (χ1v) is 2.84. The van der Waals surface area contributed by atoms with E-state index in [1.807, 2.05) is 5.32 Å². The van der Waals surface area contributed by atoms with Crippen molar-refractivity contribution in [2.75, 3.05) is 6.54 Å². The number of aliphatic carboxylic acids is 1. The van der Waals surface area contributed by atoms with Gasteiger partial charge < -0.3 is 5.11 Å². The molecule has 58 valence electrons. The summed E-state index contributed by atoms with van der Waals surface area (Å²) in [6.45, 7) is -0.531. The molecule has 3 nitrogen and oxygen atoms in total. The summed E-state index contributed by atoms with van der Waals surface area (Å²) in [7, 11) is 0. The molecular formula is C5H7F2NO2. The predicted octanol–water partition coefficient (Wildman–Crippen LogP) is 0.0682. The van der Waals surface area contributed by atoms with Crippen molar-refractivity contribution in [3.63, 3.8) is 0 Å². The molecule has 0 bridgehead atoms. The van der Waals surface area contributed by atoms with Crippen LogP contribution in [0.1, 0.15) is 6.42 Å². The zero-order valence-electron chi connectivity index (χ0n) is 5.10. The van der Waals surface area contributed by atoms with E-state index in [0.717, 1.165) is 0 Å². The summed E-state index contributed by atoms with van der Waals surface area (Å²) in [5.74, 6) is -3.24. The number of rotatable bonds is 3. The number of carboxylic acid groups (broad SMARTS) is 1. The van der Waals surface area contributed by atoms with Gasteiger partial charge in [-0.1, -0.05) is 0 Å². The van der Waals surface area contributed by atoms with Crippen LogP contribution in [0.15, 0.2) is 0 Å². The van der Waals surface area contributed by atoms with Gasteiger partial charge >= 0.3 is 5.97 Å². The molecule has 10 heavy (non-hydrogen) atoms. The highest BCUT2D eigenvalue weighted by molar-refractivity contribution is 5.69. The molecule has 0 radical (unpaired) electrons. The molecule has 0 aromatic carbocycles. The highest BCUT2D eigenvalue weighted by Crippen LogP contribution is 2.40. The lowest BCUT2D eigenvalue weighted by atomic mass is 10.5. The monoisotopic (exact) mass is 151 g/mol. The fourth-order valence-electron chi connectivity index (χ4n) is 0.607. The number of carbonyl (C=O) groups is 1. The van der Waals surface area contributed by atoms with Crippen molar-refractivity contribution in [1.82, 2.24) is 5.32 Å². The van der Waals surface area contributed by atoms with Gasteiger partial charge in [-0.25, -0.2) is 8.78 Å². The maximum Gasteiger partial charge on any atom is 0.317 e. The van der Waals surface area contributed by atoms with Crippen LogP contribution in [0.2, 0.25) is 0 Å². The van der Waals surface area contributed by atoms with Gasteiger partial charge in [-0.2, -0.15) is 0 Å². The Morgan fingerprint density at radius 3 is 2.70 bits per heavy atom. The van der Waals surface area contributed by atoms with Gasteiger partial charge in [-0.05, 0) is 0 Å². The molecule has 0 heterocycles. The Bertz CT molecular complexity index is 164. The topological polar surface area (TPSA) is 49.3 Å². The van der Waals surface area contributed by atoms with E-state index in [-0.39, 0.29) is 6.42 Å². The van der Waals surface area contributed by atoms with Crippen LogP contribution in [0.4, 0.5) is 8.78 Å². The van der Waals surface area contributed by atoms with Gasteiger partial charge in [0, 0.05) is 6.42 Å². The zero-order chi connectivity index (χ0) is 7.78. The molecule has 0 aromatic rings. The van der Waals surface area contributed by atoms with Crippen LogP contribution < -0.4 is 5.32 Å². The molecular weight excluding hydrogens is 144 g/mol. The van der Waals surface area contributed by atoms with E-state index in [1.54, 1.807) is 0 Å². The summed E-state index contributed by atoms with van der Waals surface area (Å²) in [6, 6.07) is 0. The minimum atomic E-state index is -2.06. The molecule has 2 unspecified atom stereocenters. The Kier molecular flexibility index (Phi) is 1.60. The summed E-state index contributed by atoms with van der Waals surface area (Å²) in [6.07, 6.45) is -1.77. The number of halogens is 2. The van der Waals surface area contributed by atoms with Crippen LogP contribution >= 0.6 is 0 Å². The fraction of sp³-hybridized carbons (Fsp3) is 0.800. The lowest BCUT2D eigenvalue weighted by molar-refractivity contribution is -0.136. The molecule has 0 aliphatic heterocycles. The van der Waals surface area contributed by atoms with E-state index in [2.05, 4.69) is 0 Å². The average Bonchev–Trinajstić information content (AvgIpc) is 2.38. The molecule has 1 aliphatic carbocycles. The van der Waals surface area contributed by atoms with Crippen LogP contribution in [0.3, 0.4) is 0 Å². The molecule has 1 aliphatic rings. The minimum absolute atomic E-state index is 0.236. The van der Waals surface area contributed by atoms with Gasteiger partial charge in [0.05, 0.1) is 6.54 Å². The standard InChI is InChI=1S/C5H7F2NO2/c6-3-1-5(3,7)8-2-4(9)10/h3,8H,1-2H2,(H,9,10). The van der Waals surface area contributed by atoms with Crippen molar-refractivity contribution in [3.05, 3.63) is 0 Å². The lowest BCUT2D eigenvalue weighted by Crippen LogP contribution is -2.34. The van der Waals surface area contributed by atoms with E-state index in [1.165, 1.54) is 0 Å². The first-order valence-electron chi connectivity index (χ1n) is 2.84. The smallest absolute Gasteiger partial charge is 0.317 e. The molecule has 0 aromatic heterocycles. The van der Waals surface area contributed by atoms with Crippen molar-refractivity contribution >= 4 is 5.97 Å². The summed E-state index contributed by atoms with van der Waals surface area (Å²) < 4.78 is 24.5. The number of alkyl halides is 2. The number of carboxylic acids is 1. The van der Waals surface area contributed by atoms with E-state index in [0.29, 0.717) is 0 Å². The summed E-state index contributed by atoms with van der Waals surface area (Å²) in [4.78, 5) is 9.83. The summed E-state index contributed by atoms with van der Waals surface area (Å²) in [5, 5.41) is 9.98. The van der Waals surface area contributed by atoms with Crippen LogP contribution in [-0.4, -0.2) is 29.6 Å². The molecule has 2 N–H and O–H groups in total. The Morgan fingerprint density at radius 2 is 2.40 bits per heavy atom. The Hall–Kier alpha value is -0.710. The van der Waals surface area contributed by atoms with Gasteiger partial charge in [-0.15, -0.1) is 0 Å². The molecule has 0 amide bonds. The fourth-order valence-corrected chi connectivity index (χ4v) is 0.607. The van der Waals surface area contributed by atoms with Crippen molar-refractivity contribution in [1.29, 1.82) is 0 Å². The van der Waals surface area contributed by atoms with Crippen LogP contribution in [0.25, 0.3) is 0 Å². The molecule has 2 atom stereocenters. The molecule has 1 saturated carbocycles. The van der Waals surface area contributed by atoms with Gasteiger partial charge in [0.2, 0.25) is 0 Å². The SMILES string of the molecule is O=C(O)CNC1(F)CC1F. The second-order valence-electron chi connectivity index (χ2n) is 2.28. The molecule has 1 rings (SSSR count). The lowest BCUT2D eigenvalue weighted by Gasteiger charge is -2.03. The minimum Gasteiger partial charge on any atom is -0.480 e. The van der Waals surface area contributed by atoms with Gasteiger partial charge in [0.1, 0.15) is 0 Å². The molecule has 5 heteroatoms. The molecule has 1 fully saturated rings. The molecule has 0 saturated heterocycles. The van der Waals surface area contributed by atoms with Crippen LogP contribution in [-0.2, 0) is 4.79 Å². The van der Waals surface area contributed by atoms with Crippen molar-refractivity contribution in [2.45, 2.75) is 18.4 Å². The third-order valence-electron chi connectivity index (χ3n) is 1.35. The maximum absolute atomic E-state index is 12.5. The molecule has 0 spiro atoms. The van der Waals surface area contributed by atoms with Crippen LogP contribution in [0, 0.1) is 0 Å². The van der Waals surface area contributed by atoms with Crippen molar-refractivity contribution in [3.8, 4) is 0 Å². The highest BCUT2D eigenvalue weighted by atomic mass is 19.2. The third-order valence-corrected chi connectivity index (χ3v) is 1.35. The summed E-state index contributed by atoms with van der Waals surface area (Å²) in [5.41, 5.74) is 0. The van der Waals surface area contributed by atoms with Gasteiger partial charge in [0.15, 0.2) is 12.0 Å². The summed E-state index contributed by atoms with van der Waals surface area (Å²) >= 11 is 0. The first-order chi connectivity index (χ1) is 4.54. The number of hydrogen-bond donors (Lipinski definition) is 2. The van der Waals surface area contributed by atoms with Gasteiger partial charge in [-0.3, -0.25) is 10.1 Å². The average molecular weight is 151 g/mol. The van der Waals surface area contributed by atoms with Crippen LogP contribution in [0.5, 0.6) is 0 Å². The van der Waals surface area contributed by atoms with Gasteiger partial charge in [0.25, 0.3) is 0 Å². The first kappa shape index (κ1) is 7.40. The van der Waals surface area contributed by atoms with E-state index in [4.69, 9.17) is 5.11 Å². The predicted molar refractivity (Wildman–Crippen MR) is 29.0 cm³/mol. The zero-order valence-corrected chi connectivity index (χ0v) is 5.10. The van der Waals surface area contributed by atoms with Crippen molar-refractivity contribution in [2.24, 2.45) is 0 Å². The van der Waals surface area contributed by atoms with E-state index in [9.17, 15) is 13.6 Å². The number of hydrogen-bond acceptors (Lipinski definition) is 2. The maximum atomic E-state index is 12.5. The second kappa shape index (κ2) is 2.16. The van der Waals surface area contributed by atoms with E-state index >= 15 is 0 Å². The Labute approximate surface area is 56.0 Å². The Balaban J connectivity index is 2.21. The van der Waals surface area contributed by atoms with Crippen molar-refractivity contribution < 1.29 is 18.7 Å². The second-order valence-corrected chi connectivity index (χ2v) is 2.28. The normalized spacial score (nSPS) is 37.6. The quantitative estimate of drug-likeness (QED) is 0.561. The largest absolute Gasteiger partial charge is 0.480 e. The van der Waals surface area contributed by atoms with E-state index < -0.39 is 24.5 Å². The third kappa shape index (κ3) is 1.41. The highest BCUT2D eigenvalue weighted by Gasteiger charge is 2.56.